The van der Waals surface area contributed by atoms with Gasteiger partial charge in [0, 0.05) is 19.3 Å². The lowest BCUT2D eigenvalue weighted by Gasteiger charge is -2.24. The van der Waals surface area contributed by atoms with Gasteiger partial charge in [-0.2, -0.15) is 0 Å². The van der Waals surface area contributed by atoms with E-state index in [2.05, 4.69) is 0 Å². The number of piperidine rings is 1. The molecule has 0 saturated carbocycles. The first-order valence-electron chi connectivity index (χ1n) is 3.60. The van der Waals surface area contributed by atoms with Gasteiger partial charge in [-0.1, -0.05) is 0 Å². The summed E-state index contributed by atoms with van der Waals surface area (Å²) in [5, 5.41) is 0.344. The molecule has 0 spiro atoms. The van der Waals surface area contributed by atoms with Gasteiger partial charge in [0.2, 0.25) is 0 Å². The molecule has 66 valence electrons. The van der Waals surface area contributed by atoms with Gasteiger partial charge in [-0.25, -0.2) is 8.42 Å². The second-order valence-corrected chi connectivity index (χ2v) is 5.26. The molecule has 1 aliphatic heterocycles. The Morgan fingerprint density at radius 1 is 1.36 bits per heavy atom. The summed E-state index contributed by atoms with van der Waals surface area (Å²) in [5.41, 5.74) is 0. The first kappa shape index (κ1) is 8.93. The molecule has 1 heterocycles. The van der Waals surface area contributed by atoms with Crippen LogP contribution in [-0.2, 0) is 9.84 Å². The summed E-state index contributed by atoms with van der Waals surface area (Å²) in [6.45, 7) is 0.496. The lowest BCUT2D eigenvalue weighted by atomic mass is 10.2. The molecule has 0 unspecified atom stereocenters. The number of hydrogen-bond donors (Lipinski definition) is 0. The molecule has 0 amide bonds. The third kappa shape index (κ3) is 2.41. The van der Waals surface area contributed by atoms with Crippen LogP contribution < -0.4 is 0 Å². The SMILES string of the molecule is CS(=O)(=O)C1CCN(F)CC1. The average molecular weight is 181 g/mol. The molecule has 1 rings (SSSR count). The lowest BCUT2D eigenvalue weighted by molar-refractivity contribution is 0.00731. The summed E-state index contributed by atoms with van der Waals surface area (Å²) in [4.78, 5) is 0. The summed E-state index contributed by atoms with van der Waals surface area (Å²) >= 11 is 0. The smallest absolute Gasteiger partial charge is 0.150 e. The standard InChI is InChI=1S/C6H12FNO2S/c1-11(9,10)6-2-4-8(7)5-3-6/h6H,2-5H2,1H3. The maximum atomic E-state index is 12.4. The summed E-state index contributed by atoms with van der Waals surface area (Å²) in [5.74, 6) is 0. The minimum atomic E-state index is -2.94. The van der Waals surface area contributed by atoms with Gasteiger partial charge in [0.15, 0.2) is 0 Å². The van der Waals surface area contributed by atoms with E-state index >= 15 is 0 Å². The number of nitrogens with zero attached hydrogens (tertiary/aromatic N) is 1. The highest BCUT2D eigenvalue weighted by molar-refractivity contribution is 7.91. The minimum Gasteiger partial charge on any atom is -0.229 e. The van der Waals surface area contributed by atoms with Gasteiger partial charge in [-0.15, -0.1) is 9.60 Å². The van der Waals surface area contributed by atoms with Crippen molar-refractivity contribution in [1.29, 1.82) is 0 Å². The Bertz CT molecular complexity index is 219. The van der Waals surface area contributed by atoms with Crippen LogP contribution in [0.2, 0.25) is 0 Å². The first-order chi connectivity index (χ1) is 5.00. The fraction of sp³-hybridized carbons (Fsp3) is 1.00. The predicted molar refractivity (Wildman–Crippen MR) is 40.5 cm³/mol. The fourth-order valence-corrected chi connectivity index (χ4v) is 2.32. The Balaban J connectivity index is 2.53. The molecule has 11 heavy (non-hydrogen) atoms. The van der Waals surface area contributed by atoms with E-state index in [1.807, 2.05) is 0 Å². The Morgan fingerprint density at radius 2 is 1.82 bits per heavy atom. The van der Waals surface area contributed by atoms with Crippen molar-refractivity contribution in [1.82, 2.24) is 5.12 Å². The second-order valence-electron chi connectivity index (χ2n) is 2.94. The molecule has 0 N–H and O–H groups in total. The van der Waals surface area contributed by atoms with E-state index in [9.17, 15) is 12.9 Å². The van der Waals surface area contributed by atoms with Crippen LogP contribution in [0, 0.1) is 0 Å². The Morgan fingerprint density at radius 3 is 2.18 bits per heavy atom. The molecule has 0 aromatic carbocycles. The molecule has 0 bridgehead atoms. The third-order valence-corrected chi connectivity index (χ3v) is 3.68. The molecule has 0 atom stereocenters. The summed E-state index contributed by atoms with van der Waals surface area (Å²) in [6.07, 6.45) is 2.07. The number of sulfone groups is 1. The van der Waals surface area contributed by atoms with Gasteiger partial charge in [-0.3, -0.25) is 0 Å². The van der Waals surface area contributed by atoms with E-state index in [0.717, 1.165) is 0 Å². The van der Waals surface area contributed by atoms with Crippen LogP contribution in [0.4, 0.5) is 4.48 Å². The van der Waals surface area contributed by atoms with Crippen LogP contribution in [0.5, 0.6) is 0 Å². The van der Waals surface area contributed by atoms with E-state index in [-0.39, 0.29) is 18.3 Å². The van der Waals surface area contributed by atoms with Crippen molar-refractivity contribution in [3.63, 3.8) is 0 Å². The van der Waals surface area contributed by atoms with Crippen LogP contribution in [0.15, 0.2) is 0 Å². The van der Waals surface area contributed by atoms with Gasteiger partial charge >= 0.3 is 0 Å². The highest BCUT2D eigenvalue weighted by Crippen LogP contribution is 2.16. The van der Waals surface area contributed by atoms with E-state index < -0.39 is 9.84 Å². The van der Waals surface area contributed by atoms with Gasteiger partial charge < -0.3 is 0 Å². The van der Waals surface area contributed by atoms with E-state index in [1.165, 1.54) is 6.26 Å². The Labute approximate surface area is 66.0 Å². The lowest BCUT2D eigenvalue weighted by Crippen LogP contribution is -2.34. The molecule has 0 aromatic heterocycles. The Hall–Kier alpha value is -0.160. The monoisotopic (exact) mass is 181 g/mol. The zero-order chi connectivity index (χ0) is 8.48. The van der Waals surface area contributed by atoms with E-state index in [4.69, 9.17) is 0 Å². The van der Waals surface area contributed by atoms with Crippen LogP contribution in [0.3, 0.4) is 0 Å². The molecule has 3 nitrogen and oxygen atoms in total. The minimum absolute atomic E-state index is 0.248. The average Bonchev–Trinajstić information content (AvgIpc) is 1.86. The van der Waals surface area contributed by atoms with Crippen LogP contribution >= 0.6 is 0 Å². The van der Waals surface area contributed by atoms with Crippen molar-refractivity contribution in [2.24, 2.45) is 0 Å². The molecular weight excluding hydrogens is 169 g/mol. The van der Waals surface area contributed by atoms with E-state index in [1.54, 1.807) is 0 Å². The Kier molecular flexibility index (Phi) is 2.49. The second kappa shape index (κ2) is 3.06. The highest BCUT2D eigenvalue weighted by atomic mass is 32.2. The van der Waals surface area contributed by atoms with Crippen LogP contribution in [0.1, 0.15) is 12.8 Å². The maximum absolute atomic E-state index is 12.4. The topological polar surface area (TPSA) is 37.4 Å². The molecule has 1 saturated heterocycles. The van der Waals surface area contributed by atoms with Crippen molar-refractivity contribution in [2.75, 3.05) is 19.3 Å². The zero-order valence-electron chi connectivity index (χ0n) is 6.46. The highest BCUT2D eigenvalue weighted by Gasteiger charge is 2.26. The maximum Gasteiger partial charge on any atom is 0.150 e. The van der Waals surface area contributed by atoms with Gasteiger partial charge in [0.25, 0.3) is 0 Å². The number of halogens is 1. The van der Waals surface area contributed by atoms with Crippen molar-refractivity contribution < 1.29 is 12.9 Å². The van der Waals surface area contributed by atoms with Gasteiger partial charge in [0.05, 0.1) is 5.25 Å². The van der Waals surface area contributed by atoms with Crippen molar-refractivity contribution >= 4 is 9.84 Å². The molecule has 1 fully saturated rings. The summed E-state index contributed by atoms with van der Waals surface area (Å²) in [6, 6.07) is 0. The molecule has 0 radical (unpaired) electrons. The molecule has 1 aliphatic rings. The zero-order valence-corrected chi connectivity index (χ0v) is 7.27. The largest absolute Gasteiger partial charge is 0.229 e. The van der Waals surface area contributed by atoms with Gasteiger partial charge in [0.1, 0.15) is 9.84 Å². The quantitative estimate of drug-likeness (QED) is 0.549. The normalized spacial score (nSPS) is 23.8. The summed E-state index contributed by atoms with van der Waals surface area (Å²) < 4.78 is 34.3. The molecular formula is C6H12FNO2S. The van der Waals surface area contributed by atoms with Crippen LogP contribution in [-0.4, -0.2) is 38.1 Å². The molecule has 0 aliphatic carbocycles. The van der Waals surface area contributed by atoms with Crippen LogP contribution in [0.25, 0.3) is 0 Å². The number of rotatable bonds is 1. The first-order valence-corrected chi connectivity index (χ1v) is 5.55. The molecule has 0 aromatic rings. The number of hydrogen-bond acceptors (Lipinski definition) is 3. The predicted octanol–water partition coefficient (Wildman–Crippen LogP) is 0.380. The summed E-state index contributed by atoms with van der Waals surface area (Å²) in [7, 11) is -2.94. The third-order valence-electron chi connectivity index (χ3n) is 1.99. The van der Waals surface area contributed by atoms with Gasteiger partial charge in [-0.05, 0) is 12.8 Å². The fourth-order valence-electron chi connectivity index (χ4n) is 1.25. The van der Waals surface area contributed by atoms with Crippen molar-refractivity contribution in [3.05, 3.63) is 0 Å². The van der Waals surface area contributed by atoms with Crippen molar-refractivity contribution in [3.8, 4) is 0 Å². The van der Waals surface area contributed by atoms with Crippen molar-refractivity contribution in [2.45, 2.75) is 18.1 Å². The van der Waals surface area contributed by atoms with E-state index in [0.29, 0.717) is 18.0 Å². The molecule has 5 heteroatoms.